The van der Waals surface area contributed by atoms with Crippen LogP contribution in [0.5, 0.6) is 11.5 Å². The van der Waals surface area contributed by atoms with Crippen molar-refractivity contribution < 1.29 is 18.6 Å². The molecule has 0 aliphatic carbocycles. The minimum Gasteiger partial charge on any atom is -0.489 e. The number of rotatable bonds is 7. The van der Waals surface area contributed by atoms with Crippen molar-refractivity contribution in [2.24, 2.45) is 0 Å². The van der Waals surface area contributed by atoms with Crippen LogP contribution in [0.2, 0.25) is 5.02 Å². The Hall–Kier alpha value is -3.42. The van der Waals surface area contributed by atoms with Crippen molar-refractivity contribution in [2.45, 2.75) is 25.6 Å². The van der Waals surface area contributed by atoms with E-state index in [0.29, 0.717) is 29.8 Å². The minimum absolute atomic E-state index is 0.0939. The summed E-state index contributed by atoms with van der Waals surface area (Å²) in [7, 11) is 0. The van der Waals surface area contributed by atoms with Gasteiger partial charge in [0.05, 0.1) is 29.1 Å². The van der Waals surface area contributed by atoms with Gasteiger partial charge in [0.15, 0.2) is 0 Å². The van der Waals surface area contributed by atoms with Crippen molar-refractivity contribution in [2.75, 3.05) is 18.5 Å². The molecule has 0 unspecified atom stereocenters. The molecule has 5 rings (SSSR count). The van der Waals surface area contributed by atoms with Crippen LogP contribution in [0.15, 0.2) is 67.0 Å². The monoisotopic (exact) mass is 479 g/mol. The molecular formula is C26H23ClFN3O3. The van der Waals surface area contributed by atoms with Crippen LogP contribution < -0.4 is 14.8 Å². The number of fused-ring (bicyclic) bond motifs is 1. The molecule has 174 valence electrons. The van der Waals surface area contributed by atoms with E-state index in [1.54, 1.807) is 24.3 Å². The van der Waals surface area contributed by atoms with Crippen molar-refractivity contribution in [3.05, 3.63) is 83.4 Å². The van der Waals surface area contributed by atoms with Crippen LogP contribution >= 0.6 is 11.6 Å². The quantitative estimate of drug-likeness (QED) is 0.335. The number of hydrogen-bond donors (Lipinski definition) is 1. The molecule has 0 radical (unpaired) electrons. The van der Waals surface area contributed by atoms with Crippen LogP contribution in [0.1, 0.15) is 18.4 Å². The zero-order valence-corrected chi connectivity index (χ0v) is 19.1. The molecule has 1 aliphatic rings. The molecule has 0 saturated carbocycles. The second-order valence-corrected chi connectivity index (χ2v) is 8.40. The summed E-state index contributed by atoms with van der Waals surface area (Å²) in [6, 6.07) is 17.4. The smallest absolute Gasteiger partial charge is 0.145 e. The van der Waals surface area contributed by atoms with Gasteiger partial charge in [-0.2, -0.15) is 0 Å². The molecule has 3 aromatic carbocycles. The van der Waals surface area contributed by atoms with E-state index < -0.39 is 0 Å². The standard InChI is InChI=1S/C26H23ClFN3O3/c27-21-14-19(7-8-23(21)33-15-17-3-1-4-18(28)13-17)31-26-25-22(29-16-30-26)5-2-6-24(25)34-20-9-11-32-12-10-20/h1-8,13-14,16,20H,9-12,15H2,(H,29,30,31). The molecule has 0 spiro atoms. The highest BCUT2D eigenvalue weighted by Gasteiger charge is 2.18. The number of nitrogens with zero attached hydrogens (tertiary/aromatic N) is 2. The summed E-state index contributed by atoms with van der Waals surface area (Å²) in [6.45, 7) is 1.61. The third-order valence-electron chi connectivity index (χ3n) is 5.56. The summed E-state index contributed by atoms with van der Waals surface area (Å²) < 4.78 is 30.9. The molecule has 1 saturated heterocycles. The average molecular weight is 480 g/mol. The zero-order valence-electron chi connectivity index (χ0n) is 18.3. The maximum absolute atomic E-state index is 13.4. The SMILES string of the molecule is Fc1cccc(COc2ccc(Nc3ncnc4cccc(OC5CCOCC5)c34)cc2Cl)c1. The van der Waals surface area contributed by atoms with Gasteiger partial charge in [-0.3, -0.25) is 0 Å². The zero-order chi connectivity index (χ0) is 23.3. The first-order valence-electron chi connectivity index (χ1n) is 11.1. The Kier molecular flexibility index (Phi) is 6.74. The van der Waals surface area contributed by atoms with E-state index in [9.17, 15) is 4.39 Å². The highest BCUT2D eigenvalue weighted by Crippen LogP contribution is 2.35. The molecule has 8 heteroatoms. The molecule has 0 amide bonds. The van der Waals surface area contributed by atoms with Crippen LogP contribution in [0.4, 0.5) is 15.9 Å². The Morgan fingerprint density at radius 3 is 2.68 bits per heavy atom. The first-order chi connectivity index (χ1) is 16.7. The molecule has 1 fully saturated rings. The Morgan fingerprint density at radius 2 is 1.85 bits per heavy atom. The molecule has 4 aromatic rings. The first-order valence-corrected chi connectivity index (χ1v) is 11.5. The van der Waals surface area contributed by atoms with Gasteiger partial charge >= 0.3 is 0 Å². The fraction of sp³-hybridized carbons (Fsp3) is 0.231. The summed E-state index contributed by atoms with van der Waals surface area (Å²) in [5, 5.41) is 4.56. The second-order valence-electron chi connectivity index (χ2n) is 7.99. The molecule has 6 nitrogen and oxygen atoms in total. The molecule has 1 aliphatic heterocycles. The number of benzene rings is 3. The number of hydrogen-bond acceptors (Lipinski definition) is 6. The topological polar surface area (TPSA) is 65.5 Å². The minimum atomic E-state index is -0.302. The number of ether oxygens (including phenoxy) is 3. The Morgan fingerprint density at radius 1 is 1.00 bits per heavy atom. The van der Waals surface area contributed by atoms with Crippen molar-refractivity contribution in [1.82, 2.24) is 9.97 Å². The Bertz CT molecular complexity index is 1290. The van der Waals surface area contributed by atoms with Gasteiger partial charge in [-0.05, 0) is 48.0 Å². The normalized spacial score (nSPS) is 14.2. The maximum atomic E-state index is 13.4. The average Bonchev–Trinajstić information content (AvgIpc) is 2.84. The Labute approximate surface area is 201 Å². The molecule has 1 aromatic heterocycles. The van der Waals surface area contributed by atoms with Crippen molar-refractivity contribution >= 4 is 34.0 Å². The van der Waals surface area contributed by atoms with Gasteiger partial charge in [-0.1, -0.05) is 29.8 Å². The lowest BCUT2D eigenvalue weighted by Gasteiger charge is -2.24. The van der Waals surface area contributed by atoms with Crippen LogP contribution in [0, 0.1) is 5.82 Å². The lowest BCUT2D eigenvalue weighted by atomic mass is 10.1. The van der Waals surface area contributed by atoms with E-state index in [0.717, 1.165) is 40.7 Å². The molecule has 2 heterocycles. The third-order valence-corrected chi connectivity index (χ3v) is 5.86. The first kappa shape index (κ1) is 22.4. The van der Waals surface area contributed by atoms with E-state index in [4.69, 9.17) is 25.8 Å². The molecule has 0 bridgehead atoms. The lowest BCUT2D eigenvalue weighted by Crippen LogP contribution is -2.26. The summed E-state index contributed by atoms with van der Waals surface area (Å²) >= 11 is 6.46. The van der Waals surface area contributed by atoms with Crippen molar-refractivity contribution in [3.8, 4) is 11.5 Å². The predicted molar refractivity (Wildman–Crippen MR) is 129 cm³/mol. The van der Waals surface area contributed by atoms with Gasteiger partial charge in [-0.25, -0.2) is 14.4 Å². The van der Waals surface area contributed by atoms with Crippen LogP contribution in [-0.2, 0) is 11.3 Å². The lowest BCUT2D eigenvalue weighted by molar-refractivity contribution is 0.0262. The summed E-state index contributed by atoms with van der Waals surface area (Å²) in [4.78, 5) is 8.86. The Balaban J connectivity index is 1.35. The van der Waals surface area contributed by atoms with Gasteiger partial charge in [0, 0.05) is 18.5 Å². The summed E-state index contributed by atoms with van der Waals surface area (Å²) in [6.07, 6.45) is 3.30. The summed E-state index contributed by atoms with van der Waals surface area (Å²) in [5.41, 5.74) is 2.25. The largest absolute Gasteiger partial charge is 0.489 e. The second kappa shape index (κ2) is 10.2. The summed E-state index contributed by atoms with van der Waals surface area (Å²) in [5.74, 6) is 1.56. The molecule has 34 heavy (non-hydrogen) atoms. The third kappa shape index (κ3) is 5.21. The highest BCUT2D eigenvalue weighted by molar-refractivity contribution is 6.32. The van der Waals surface area contributed by atoms with E-state index in [2.05, 4.69) is 15.3 Å². The molecular weight excluding hydrogens is 457 g/mol. The van der Waals surface area contributed by atoms with Gasteiger partial charge in [0.1, 0.15) is 42.2 Å². The van der Waals surface area contributed by atoms with Crippen LogP contribution in [-0.4, -0.2) is 29.3 Å². The van der Waals surface area contributed by atoms with Gasteiger partial charge < -0.3 is 19.5 Å². The number of aromatic nitrogens is 2. The van der Waals surface area contributed by atoms with Crippen LogP contribution in [0.25, 0.3) is 10.9 Å². The van der Waals surface area contributed by atoms with E-state index >= 15 is 0 Å². The fourth-order valence-electron chi connectivity index (χ4n) is 3.87. The van der Waals surface area contributed by atoms with Crippen molar-refractivity contribution in [1.29, 1.82) is 0 Å². The maximum Gasteiger partial charge on any atom is 0.145 e. The van der Waals surface area contributed by atoms with E-state index in [1.165, 1.54) is 18.5 Å². The van der Waals surface area contributed by atoms with Gasteiger partial charge in [-0.15, -0.1) is 0 Å². The highest BCUT2D eigenvalue weighted by atomic mass is 35.5. The van der Waals surface area contributed by atoms with E-state index in [1.807, 2.05) is 24.3 Å². The number of anilines is 2. The van der Waals surface area contributed by atoms with Crippen LogP contribution in [0.3, 0.4) is 0 Å². The fourth-order valence-corrected chi connectivity index (χ4v) is 4.10. The molecule has 1 N–H and O–H groups in total. The number of nitrogens with one attached hydrogen (secondary N) is 1. The van der Waals surface area contributed by atoms with Crippen molar-refractivity contribution in [3.63, 3.8) is 0 Å². The van der Waals surface area contributed by atoms with Gasteiger partial charge in [0.2, 0.25) is 0 Å². The number of halogens is 2. The molecule has 0 atom stereocenters. The van der Waals surface area contributed by atoms with E-state index in [-0.39, 0.29) is 18.5 Å². The van der Waals surface area contributed by atoms with Gasteiger partial charge in [0.25, 0.3) is 0 Å². The predicted octanol–water partition coefficient (Wildman–Crippen LogP) is 6.30.